The number of nitrogens with one attached hydrogen (secondary N) is 2. The van der Waals surface area contributed by atoms with Crippen LogP contribution in [0.1, 0.15) is 37.0 Å². The number of aromatic nitrogens is 3. The molecule has 0 unspecified atom stereocenters. The Balaban J connectivity index is 1.93. The van der Waals surface area contributed by atoms with Crippen LogP contribution >= 0.6 is 11.8 Å². The lowest BCUT2D eigenvalue weighted by atomic mass is 10.1. The van der Waals surface area contributed by atoms with Crippen molar-refractivity contribution in [1.82, 2.24) is 20.1 Å². The zero-order chi connectivity index (χ0) is 18.2. The van der Waals surface area contributed by atoms with E-state index in [1.165, 1.54) is 11.8 Å². The number of hydrogen-bond acceptors (Lipinski definition) is 5. The SMILES string of the molecule is CCC(CC)NC(=O)c1cccc(NC(=O)CSc2nncn2C)c1. The molecule has 0 aliphatic heterocycles. The Morgan fingerprint density at radius 1 is 1.28 bits per heavy atom. The summed E-state index contributed by atoms with van der Waals surface area (Å²) in [4.78, 5) is 24.4. The summed E-state index contributed by atoms with van der Waals surface area (Å²) in [5, 5.41) is 14.2. The van der Waals surface area contributed by atoms with Gasteiger partial charge >= 0.3 is 0 Å². The summed E-state index contributed by atoms with van der Waals surface area (Å²) in [6.07, 6.45) is 3.36. The van der Waals surface area contributed by atoms with E-state index in [1.54, 1.807) is 35.2 Å². The Hall–Kier alpha value is -2.35. The van der Waals surface area contributed by atoms with Crippen LogP contribution in [0.4, 0.5) is 5.69 Å². The number of amides is 2. The maximum absolute atomic E-state index is 12.3. The Morgan fingerprint density at radius 2 is 2.04 bits per heavy atom. The lowest BCUT2D eigenvalue weighted by Gasteiger charge is -2.15. The molecule has 2 aromatic rings. The fraction of sp³-hybridized carbons (Fsp3) is 0.412. The summed E-state index contributed by atoms with van der Waals surface area (Å²) in [6.45, 7) is 4.08. The number of carbonyl (C=O) groups is 2. The van der Waals surface area contributed by atoms with Crippen molar-refractivity contribution in [2.75, 3.05) is 11.1 Å². The number of benzene rings is 1. The molecule has 1 heterocycles. The van der Waals surface area contributed by atoms with Crippen LogP contribution < -0.4 is 10.6 Å². The number of nitrogens with zero attached hydrogens (tertiary/aromatic N) is 3. The minimum absolute atomic E-state index is 0.127. The molecule has 1 aromatic heterocycles. The van der Waals surface area contributed by atoms with Crippen molar-refractivity contribution in [1.29, 1.82) is 0 Å². The third-order valence-corrected chi connectivity index (χ3v) is 4.77. The molecule has 0 aliphatic carbocycles. The van der Waals surface area contributed by atoms with Gasteiger partial charge in [0, 0.05) is 24.3 Å². The lowest BCUT2D eigenvalue weighted by Crippen LogP contribution is -2.33. The second kappa shape index (κ2) is 9.22. The van der Waals surface area contributed by atoms with Crippen LogP contribution in [0, 0.1) is 0 Å². The Kier molecular flexibility index (Phi) is 7.00. The minimum atomic E-state index is -0.162. The Morgan fingerprint density at radius 3 is 2.68 bits per heavy atom. The number of rotatable bonds is 8. The first-order chi connectivity index (χ1) is 12.0. The summed E-state index contributed by atoms with van der Waals surface area (Å²) < 4.78 is 1.75. The Labute approximate surface area is 151 Å². The number of anilines is 1. The maximum atomic E-state index is 12.3. The van der Waals surface area contributed by atoms with Gasteiger partial charge in [-0.2, -0.15) is 0 Å². The van der Waals surface area contributed by atoms with Gasteiger partial charge in [-0.15, -0.1) is 10.2 Å². The van der Waals surface area contributed by atoms with E-state index in [1.807, 2.05) is 20.9 Å². The van der Waals surface area contributed by atoms with Crippen molar-refractivity contribution in [3.05, 3.63) is 36.2 Å². The largest absolute Gasteiger partial charge is 0.349 e. The monoisotopic (exact) mass is 361 g/mol. The van der Waals surface area contributed by atoms with E-state index in [-0.39, 0.29) is 23.6 Å². The van der Waals surface area contributed by atoms with Gasteiger partial charge < -0.3 is 15.2 Å². The van der Waals surface area contributed by atoms with E-state index in [0.29, 0.717) is 16.4 Å². The summed E-state index contributed by atoms with van der Waals surface area (Å²) in [6, 6.07) is 7.10. The topological polar surface area (TPSA) is 88.9 Å². The van der Waals surface area contributed by atoms with Gasteiger partial charge in [0.2, 0.25) is 5.91 Å². The third kappa shape index (κ3) is 5.60. The van der Waals surface area contributed by atoms with E-state index < -0.39 is 0 Å². The zero-order valence-electron chi connectivity index (χ0n) is 14.7. The molecule has 2 N–H and O–H groups in total. The molecule has 0 saturated carbocycles. The van der Waals surface area contributed by atoms with Crippen molar-refractivity contribution < 1.29 is 9.59 Å². The number of aryl methyl sites for hydroxylation is 1. The average molecular weight is 361 g/mol. The fourth-order valence-corrected chi connectivity index (χ4v) is 2.92. The highest BCUT2D eigenvalue weighted by atomic mass is 32.2. The van der Waals surface area contributed by atoms with Gasteiger partial charge in [0.1, 0.15) is 6.33 Å². The summed E-state index contributed by atoms with van der Waals surface area (Å²) in [5.74, 6) is -0.0692. The predicted molar refractivity (Wildman–Crippen MR) is 98.6 cm³/mol. The number of carbonyl (C=O) groups excluding carboxylic acids is 2. The van der Waals surface area contributed by atoms with Gasteiger partial charge in [-0.3, -0.25) is 9.59 Å². The molecule has 0 radical (unpaired) electrons. The minimum Gasteiger partial charge on any atom is -0.349 e. The normalized spacial score (nSPS) is 10.7. The van der Waals surface area contributed by atoms with Crippen LogP contribution in [-0.2, 0) is 11.8 Å². The highest BCUT2D eigenvalue weighted by molar-refractivity contribution is 7.99. The molecular weight excluding hydrogens is 338 g/mol. The second-order valence-corrected chi connectivity index (χ2v) is 6.57. The maximum Gasteiger partial charge on any atom is 0.251 e. The molecule has 0 saturated heterocycles. The van der Waals surface area contributed by atoms with Crippen molar-refractivity contribution in [3.63, 3.8) is 0 Å². The van der Waals surface area contributed by atoms with Crippen LogP contribution in [-0.4, -0.2) is 38.4 Å². The summed E-state index contributed by atoms with van der Waals surface area (Å²) >= 11 is 1.30. The first-order valence-corrected chi connectivity index (χ1v) is 9.19. The number of hydrogen-bond donors (Lipinski definition) is 2. The quantitative estimate of drug-likeness (QED) is 0.705. The molecule has 0 spiro atoms. The van der Waals surface area contributed by atoms with Gasteiger partial charge in [0.15, 0.2) is 5.16 Å². The van der Waals surface area contributed by atoms with Gasteiger partial charge in [-0.25, -0.2) is 0 Å². The molecule has 2 rings (SSSR count). The summed E-state index contributed by atoms with van der Waals surface area (Å²) in [7, 11) is 1.82. The molecular formula is C17H23N5O2S. The smallest absolute Gasteiger partial charge is 0.251 e. The highest BCUT2D eigenvalue weighted by Crippen LogP contribution is 2.15. The van der Waals surface area contributed by atoms with Crippen LogP contribution in [0.3, 0.4) is 0 Å². The van der Waals surface area contributed by atoms with Gasteiger partial charge in [-0.1, -0.05) is 31.7 Å². The fourth-order valence-electron chi connectivity index (χ4n) is 2.23. The van der Waals surface area contributed by atoms with E-state index in [4.69, 9.17) is 0 Å². The predicted octanol–water partition coefficient (Wildman–Crippen LogP) is 2.46. The summed E-state index contributed by atoms with van der Waals surface area (Å²) in [5.41, 5.74) is 1.13. The van der Waals surface area contributed by atoms with Crippen molar-refractivity contribution in [3.8, 4) is 0 Å². The van der Waals surface area contributed by atoms with Gasteiger partial charge in [-0.05, 0) is 31.0 Å². The lowest BCUT2D eigenvalue weighted by molar-refractivity contribution is -0.113. The van der Waals surface area contributed by atoms with Gasteiger partial charge in [0.05, 0.1) is 5.75 Å². The number of thioether (sulfide) groups is 1. The van der Waals surface area contributed by atoms with E-state index in [0.717, 1.165) is 12.8 Å². The van der Waals surface area contributed by atoms with E-state index in [9.17, 15) is 9.59 Å². The van der Waals surface area contributed by atoms with Crippen molar-refractivity contribution >= 4 is 29.3 Å². The highest BCUT2D eigenvalue weighted by Gasteiger charge is 2.12. The molecule has 7 nitrogen and oxygen atoms in total. The third-order valence-electron chi connectivity index (χ3n) is 3.73. The van der Waals surface area contributed by atoms with Crippen LogP contribution in [0.25, 0.3) is 0 Å². The molecule has 134 valence electrons. The molecule has 1 aromatic carbocycles. The molecule has 8 heteroatoms. The van der Waals surface area contributed by atoms with Crippen molar-refractivity contribution in [2.45, 2.75) is 37.9 Å². The van der Waals surface area contributed by atoms with Crippen LogP contribution in [0.15, 0.2) is 35.7 Å². The molecule has 0 atom stereocenters. The van der Waals surface area contributed by atoms with Gasteiger partial charge in [0.25, 0.3) is 5.91 Å². The van der Waals surface area contributed by atoms with E-state index >= 15 is 0 Å². The van der Waals surface area contributed by atoms with E-state index in [2.05, 4.69) is 20.8 Å². The molecule has 0 fully saturated rings. The standard InChI is InChI=1S/C17H23N5O2S/c1-4-13(5-2)20-16(24)12-7-6-8-14(9-12)19-15(23)10-25-17-21-18-11-22(17)3/h6-9,11,13H,4-5,10H2,1-3H3,(H,19,23)(H,20,24). The zero-order valence-corrected chi connectivity index (χ0v) is 15.5. The molecule has 25 heavy (non-hydrogen) atoms. The first kappa shape index (κ1) is 19.0. The van der Waals surface area contributed by atoms with Crippen LogP contribution in [0.2, 0.25) is 0 Å². The Bertz CT molecular complexity index is 727. The molecule has 2 amide bonds. The average Bonchev–Trinajstić information content (AvgIpc) is 3.03. The second-order valence-electron chi connectivity index (χ2n) is 5.63. The van der Waals surface area contributed by atoms with Crippen molar-refractivity contribution in [2.24, 2.45) is 7.05 Å². The first-order valence-electron chi connectivity index (χ1n) is 8.21. The van der Waals surface area contributed by atoms with Crippen LogP contribution in [0.5, 0.6) is 0 Å². The molecule has 0 aliphatic rings. The molecule has 0 bridgehead atoms.